The van der Waals surface area contributed by atoms with Crippen molar-refractivity contribution in [2.75, 3.05) is 10.6 Å². The van der Waals surface area contributed by atoms with E-state index >= 15 is 0 Å². The molecule has 0 radical (unpaired) electrons. The molecule has 1 heterocycles. The van der Waals surface area contributed by atoms with Crippen LogP contribution in [-0.4, -0.2) is 11.8 Å². The summed E-state index contributed by atoms with van der Waals surface area (Å²) in [5.74, 6) is -0.316. The number of hydrogen-bond acceptors (Lipinski definition) is 3. The minimum Gasteiger partial charge on any atom is -0.326 e. The normalized spacial score (nSPS) is 10.4. The Labute approximate surface area is 121 Å². The number of thiophene rings is 1. The molecule has 1 aromatic carbocycles. The van der Waals surface area contributed by atoms with Crippen molar-refractivity contribution in [2.45, 2.75) is 6.92 Å². The maximum Gasteiger partial charge on any atom is 0.248 e. The predicted molar refractivity (Wildman–Crippen MR) is 82.7 cm³/mol. The zero-order chi connectivity index (χ0) is 14.4. The van der Waals surface area contributed by atoms with Gasteiger partial charge < -0.3 is 10.6 Å². The van der Waals surface area contributed by atoms with Crippen LogP contribution >= 0.6 is 11.3 Å². The molecule has 1 aromatic heterocycles. The molecule has 0 bridgehead atoms. The molecule has 0 atom stereocenters. The third kappa shape index (κ3) is 4.37. The van der Waals surface area contributed by atoms with Gasteiger partial charge in [0.15, 0.2) is 0 Å². The molecule has 2 aromatic rings. The van der Waals surface area contributed by atoms with Crippen molar-refractivity contribution in [3.8, 4) is 0 Å². The minimum absolute atomic E-state index is 0.125. The van der Waals surface area contributed by atoms with Crippen LogP contribution in [-0.2, 0) is 9.59 Å². The summed E-state index contributed by atoms with van der Waals surface area (Å²) in [6.07, 6.45) is 3.25. The molecule has 102 valence electrons. The lowest BCUT2D eigenvalue weighted by Crippen LogP contribution is -2.08. The van der Waals surface area contributed by atoms with Gasteiger partial charge in [-0.2, -0.15) is 11.3 Å². The van der Waals surface area contributed by atoms with Gasteiger partial charge >= 0.3 is 0 Å². The maximum absolute atomic E-state index is 11.7. The Hall–Kier alpha value is -2.40. The zero-order valence-corrected chi connectivity index (χ0v) is 11.7. The Balaban J connectivity index is 1.92. The van der Waals surface area contributed by atoms with Gasteiger partial charge in [-0.1, -0.05) is 0 Å². The number of carbonyl (C=O) groups excluding carboxylic acids is 2. The van der Waals surface area contributed by atoms with Gasteiger partial charge in [-0.25, -0.2) is 0 Å². The molecular formula is C15H14N2O2S. The smallest absolute Gasteiger partial charge is 0.248 e. The molecule has 2 N–H and O–H groups in total. The van der Waals surface area contributed by atoms with Crippen molar-refractivity contribution in [2.24, 2.45) is 0 Å². The second kappa shape index (κ2) is 6.68. The Morgan fingerprint density at radius 1 is 1.05 bits per heavy atom. The first-order valence-corrected chi connectivity index (χ1v) is 6.97. The molecule has 0 saturated carbocycles. The Morgan fingerprint density at radius 3 is 2.25 bits per heavy atom. The molecule has 0 spiro atoms. The lowest BCUT2D eigenvalue weighted by Gasteiger charge is -2.05. The summed E-state index contributed by atoms with van der Waals surface area (Å²) >= 11 is 1.58. The number of anilines is 2. The van der Waals surface area contributed by atoms with Crippen LogP contribution in [0.4, 0.5) is 11.4 Å². The van der Waals surface area contributed by atoms with Gasteiger partial charge in [0, 0.05) is 24.4 Å². The summed E-state index contributed by atoms with van der Waals surface area (Å²) in [6, 6.07) is 8.89. The monoisotopic (exact) mass is 286 g/mol. The topological polar surface area (TPSA) is 58.2 Å². The fourth-order valence-corrected chi connectivity index (χ4v) is 2.19. The number of amides is 2. The number of benzene rings is 1. The van der Waals surface area contributed by atoms with E-state index in [9.17, 15) is 9.59 Å². The van der Waals surface area contributed by atoms with Gasteiger partial charge in [-0.3, -0.25) is 9.59 Å². The quantitative estimate of drug-likeness (QED) is 0.847. The van der Waals surface area contributed by atoms with Crippen LogP contribution in [0.3, 0.4) is 0 Å². The number of carbonyl (C=O) groups is 2. The van der Waals surface area contributed by atoms with E-state index in [1.807, 2.05) is 16.8 Å². The summed E-state index contributed by atoms with van der Waals surface area (Å²) in [4.78, 5) is 22.6. The van der Waals surface area contributed by atoms with E-state index in [1.54, 1.807) is 41.7 Å². The predicted octanol–water partition coefficient (Wildman–Crippen LogP) is 3.36. The summed E-state index contributed by atoms with van der Waals surface area (Å²) in [7, 11) is 0. The summed E-state index contributed by atoms with van der Waals surface area (Å²) in [5.41, 5.74) is 2.38. The van der Waals surface area contributed by atoms with Crippen molar-refractivity contribution in [1.29, 1.82) is 0 Å². The Morgan fingerprint density at radius 2 is 1.70 bits per heavy atom. The van der Waals surface area contributed by atoms with Crippen LogP contribution in [0.15, 0.2) is 47.2 Å². The molecule has 0 aliphatic heterocycles. The standard InChI is InChI=1S/C15H14N2O2S/c1-11(18)16-13-3-5-14(6-4-13)17-15(19)7-2-12-8-9-20-10-12/h2-10H,1H3,(H,16,18)(H,17,19)/b7-2+. The first-order chi connectivity index (χ1) is 9.63. The van der Waals surface area contributed by atoms with Crippen molar-refractivity contribution >= 4 is 40.6 Å². The largest absolute Gasteiger partial charge is 0.326 e. The highest BCUT2D eigenvalue weighted by atomic mass is 32.1. The van der Waals surface area contributed by atoms with Gasteiger partial charge in [0.25, 0.3) is 0 Å². The highest BCUT2D eigenvalue weighted by Crippen LogP contribution is 2.14. The van der Waals surface area contributed by atoms with Gasteiger partial charge in [-0.05, 0) is 52.7 Å². The van der Waals surface area contributed by atoms with Crippen molar-refractivity contribution < 1.29 is 9.59 Å². The van der Waals surface area contributed by atoms with Gasteiger partial charge in [-0.15, -0.1) is 0 Å². The molecule has 0 aliphatic carbocycles. The van der Waals surface area contributed by atoms with Crippen LogP contribution in [0.1, 0.15) is 12.5 Å². The average molecular weight is 286 g/mol. The number of hydrogen-bond donors (Lipinski definition) is 2. The van der Waals surface area contributed by atoms with E-state index in [2.05, 4.69) is 10.6 Å². The molecule has 0 fully saturated rings. The number of nitrogens with one attached hydrogen (secondary N) is 2. The molecule has 20 heavy (non-hydrogen) atoms. The number of rotatable bonds is 4. The van der Waals surface area contributed by atoms with Crippen molar-refractivity contribution in [3.05, 3.63) is 52.7 Å². The highest BCUT2D eigenvalue weighted by Gasteiger charge is 1.99. The van der Waals surface area contributed by atoms with Gasteiger partial charge in [0.05, 0.1) is 0 Å². The molecule has 0 aliphatic rings. The first-order valence-electron chi connectivity index (χ1n) is 6.02. The fourth-order valence-electron chi connectivity index (χ4n) is 1.57. The van der Waals surface area contributed by atoms with E-state index in [1.165, 1.54) is 13.0 Å². The van der Waals surface area contributed by atoms with Crippen LogP contribution in [0.5, 0.6) is 0 Å². The van der Waals surface area contributed by atoms with E-state index in [0.29, 0.717) is 11.4 Å². The molecular weight excluding hydrogens is 272 g/mol. The molecule has 2 amide bonds. The third-order valence-electron chi connectivity index (χ3n) is 2.44. The van der Waals surface area contributed by atoms with Crippen molar-refractivity contribution in [1.82, 2.24) is 0 Å². The lowest BCUT2D eigenvalue weighted by molar-refractivity contribution is -0.114. The Bertz CT molecular complexity index is 616. The third-order valence-corrected chi connectivity index (χ3v) is 3.14. The Kier molecular flexibility index (Phi) is 4.68. The molecule has 0 saturated heterocycles. The summed E-state index contributed by atoms with van der Waals surface area (Å²) in [6.45, 7) is 1.45. The van der Waals surface area contributed by atoms with E-state index in [-0.39, 0.29) is 11.8 Å². The molecule has 0 unspecified atom stereocenters. The molecule has 4 nitrogen and oxygen atoms in total. The van der Waals surface area contributed by atoms with Crippen LogP contribution in [0.25, 0.3) is 6.08 Å². The molecule has 5 heteroatoms. The highest BCUT2D eigenvalue weighted by molar-refractivity contribution is 7.08. The summed E-state index contributed by atoms with van der Waals surface area (Å²) in [5, 5.41) is 9.34. The van der Waals surface area contributed by atoms with E-state index in [0.717, 1.165) is 5.56 Å². The van der Waals surface area contributed by atoms with Crippen molar-refractivity contribution in [3.63, 3.8) is 0 Å². The van der Waals surface area contributed by atoms with Crippen LogP contribution in [0.2, 0.25) is 0 Å². The SMILES string of the molecule is CC(=O)Nc1ccc(NC(=O)/C=C/c2ccsc2)cc1. The second-order valence-corrected chi connectivity index (χ2v) is 4.92. The second-order valence-electron chi connectivity index (χ2n) is 4.14. The zero-order valence-electron chi connectivity index (χ0n) is 10.9. The average Bonchev–Trinajstić information content (AvgIpc) is 2.91. The molecule has 2 rings (SSSR count). The van der Waals surface area contributed by atoms with Crippen LogP contribution < -0.4 is 10.6 Å². The minimum atomic E-state index is -0.191. The van der Waals surface area contributed by atoms with E-state index < -0.39 is 0 Å². The maximum atomic E-state index is 11.7. The first kappa shape index (κ1) is 14.0. The lowest BCUT2D eigenvalue weighted by atomic mass is 10.2. The van der Waals surface area contributed by atoms with Crippen LogP contribution in [0, 0.1) is 0 Å². The fraction of sp³-hybridized carbons (Fsp3) is 0.0667. The van der Waals surface area contributed by atoms with Gasteiger partial charge in [0.1, 0.15) is 0 Å². The van der Waals surface area contributed by atoms with Gasteiger partial charge in [0.2, 0.25) is 11.8 Å². The summed E-state index contributed by atoms with van der Waals surface area (Å²) < 4.78 is 0. The van der Waals surface area contributed by atoms with E-state index in [4.69, 9.17) is 0 Å².